The van der Waals surface area contributed by atoms with Crippen molar-refractivity contribution in [2.24, 2.45) is 0 Å². The molecule has 0 saturated carbocycles. The van der Waals surface area contributed by atoms with E-state index in [0.717, 1.165) is 16.9 Å². The van der Waals surface area contributed by atoms with Gasteiger partial charge in [0.15, 0.2) is 0 Å². The van der Waals surface area contributed by atoms with E-state index in [1.165, 1.54) is 94.7 Å². The van der Waals surface area contributed by atoms with Crippen LogP contribution in [0.25, 0.3) is 50.1 Å². The predicted octanol–water partition coefficient (Wildman–Crippen LogP) is 15.8. The zero-order valence-electron chi connectivity index (χ0n) is 35.4. The van der Waals surface area contributed by atoms with Gasteiger partial charge in [0.05, 0.1) is 16.8 Å². The van der Waals surface area contributed by atoms with E-state index in [1.807, 2.05) is 0 Å². The lowest BCUT2D eigenvalue weighted by Gasteiger charge is -2.37. The van der Waals surface area contributed by atoms with Gasteiger partial charge in [-0.2, -0.15) is 0 Å². The van der Waals surface area contributed by atoms with Crippen LogP contribution in [0.4, 0.5) is 17.1 Å². The SMILES string of the molecule is C=C(C)c1ccc2c(c1)C1(c3cc(C(C)(C)C)ccc3-2)c2ccccc2-c2cccc(N(c3ccc4c(c3)C(C)(C)c3ccccc3-4)c3ccccc3-c3ccccc3)c21. The summed E-state index contributed by atoms with van der Waals surface area (Å²) in [4.78, 5) is 2.59. The van der Waals surface area contributed by atoms with Crippen molar-refractivity contribution in [3.8, 4) is 44.5 Å². The molecule has 8 aromatic rings. The number of hydrogen-bond acceptors (Lipinski definition) is 1. The normalized spacial score (nSPS) is 16.1. The van der Waals surface area contributed by atoms with Crippen molar-refractivity contribution < 1.29 is 0 Å². The standard InChI is InChI=1S/C59H49N/c1-37(2)39-28-31-46-47-32-29-40(57(3,4)5)35-53(47)59(52(46)34-39)50-25-15-12-22-44(50)48-23-17-27-55(56(48)59)60(54-26-16-13-20-42(54)38-18-9-8-10-19-38)41-30-33-45-43-21-11-14-24-49(43)58(6,7)51(45)36-41/h8-36H,1H2,2-7H3. The van der Waals surface area contributed by atoms with E-state index in [2.05, 4.69) is 229 Å². The number of allylic oxidation sites excluding steroid dienone is 1. The van der Waals surface area contributed by atoms with Gasteiger partial charge >= 0.3 is 0 Å². The highest BCUT2D eigenvalue weighted by atomic mass is 15.1. The summed E-state index contributed by atoms with van der Waals surface area (Å²) in [6, 6.07) is 66.6. The van der Waals surface area contributed by atoms with Gasteiger partial charge in [0.2, 0.25) is 0 Å². The van der Waals surface area contributed by atoms with E-state index in [0.29, 0.717) is 0 Å². The van der Waals surface area contributed by atoms with Gasteiger partial charge in [-0.05, 0) is 121 Å². The molecule has 11 rings (SSSR count). The molecular weight excluding hydrogens is 723 g/mol. The predicted molar refractivity (Wildman–Crippen MR) is 254 cm³/mol. The summed E-state index contributed by atoms with van der Waals surface area (Å²) in [6.07, 6.45) is 0. The van der Waals surface area contributed by atoms with E-state index in [-0.39, 0.29) is 10.8 Å². The molecule has 3 aliphatic carbocycles. The van der Waals surface area contributed by atoms with Crippen LogP contribution in [0, 0.1) is 0 Å². The van der Waals surface area contributed by atoms with Crippen molar-refractivity contribution in [3.63, 3.8) is 0 Å². The Bertz CT molecular complexity index is 3080. The summed E-state index contributed by atoms with van der Waals surface area (Å²) in [5.74, 6) is 0. The van der Waals surface area contributed by atoms with Crippen molar-refractivity contribution in [3.05, 3.63) is 227 Å². The van der Waals surface area contributed by atoms with Gasteiger partial charge in [-0.3, -0.25) is 0 Å². The Morgan fingerprint density at radius 2 is 1.02 bits per heavy atom. The van der Waals surface area contributed by atoms with Gasteiger partial charge in [0.25, 0.3) is 0 Å². The van der Waals surface area contributed by atoms with Crippen LogP contribution in [-0.4, -0.2) is 0 Å². The Morgan fingerprint density at radius 1 is 0.467 bits per heavy atom. The highest BCUT2D eigenvalue weighted by molar-refractivity contribution is 6.01. The molecule has 0 aliphatic heterocycles. The Labute approximate surface area is 355 Å². The number of anilines is 3. The third-order valence-electron chi connectivity index (χ3n) is 13.8. The van der Waals surface area contributed by atoms with Crippen molar-refractivity contribution in [2.75, 3.05) is 4.90 Å². The topological polar surface area (TPSA) is 3.24 Å². The summed E-state index contributed by atoms with van der Waals surface area (Å²) >= 11 is 0. The number of hydrogen-bond donors (Lipinski definition) is 0. The lowest BCUT2D eigenvalue weighted by molar-refractivity contribution is 0.588. The lowest BCUT2D eigenvalue weighted by atomic mass is 9.68. The average molecular weight is 772 g/mol. The zero-order chi connectivity index (χ0) is 41.1. The second-order valence-corrected chi connectivity index (χ2v) is 18.7. The Hall–Kier alpha value is -6.70. The lowest BCUT2D eigenvalue weighted by Crippen LogP contribution is -2.29. The molecule has 0 amide bonds. The van der Waals surface area contributed by atoms with E-state index in [9.17, 15) is 0 Å². The fourth-order valence-electron chi connectivity index (χ4n) is 10.9. The third-order valence-corrected chi connectivity index (χ3v) is 13.8. The summed E-state index contributed by atoms with van der Waals surface area (Å²) < 4.78 is 0. The van der Waals surface area contributed by atoms with Gasteiger partial charge in [0.1, 0.15) is 0 Å². The molecule has 290 valence electrons. The van der Waals surface area contributed by atoms with Gasteiger partial charge in [0, 0.05) is 22.2 Å². The maximum absolute atomic E-state index is 4.46. The van der Waals surface area contributed by atoms with Crippen molar-refractivity contribution in [1.82, 2.24) is 0 Å². The second-order valence-electron chi connectivity index (χ2n) is 18.7. The Kier molecular flexibility index (Phi) is 7.82. The molecular formula is C59H49N. The number of rotatable bonds is 5. The van der Waals surface area contributed by atoms with Crippen molar-refractivity contribution in [1.29, 1.82) is 0 Å². The van der Waals surface area contributed by atoms with Gasteiger partial charge in [-0.25, -0.2) is 0 Å². The summed E-state index contributed by atoms with van der Waals surface area (Å²) in [6.45, 7) is 18.4. The minimum atomic E-state index is -0.591. The highest BCUT2D eigenvalue weighted by Crippen LogP contribution is 2.66. The minimum Gasteiger partial charge on any atom is -0.310 e. The van der Waals surface area contributed by atoms with Gasteiger partial charge in [-0.15, -0.1) is 0 Å². The number of benzene rings is 8. The smallest absolute Gasteiger partial charge is 0.0746 e. The molecule has 0 aromatic heterocycles. The molecule has 8 aromatic carbocycles. The van der Waals surface area contributed by atoms with Crippen LogP contribution in [0.5, 0.6) is 0 Å². The molecule has 1 atom stereocenters. The fraction of sp³-hybridized carbons (Fsp3) is 0.153. The first-order valence-corrected chi connectivity index (χ1v) is 21.4. The quantitative estimate of drug-likeness (QED) is 0.168. The molecule has 1 unspecified atom stereocenters. The van der Waals surface area contributed by atoms with E-state index in [4.69, 9.17) is 0 Å². The molecule has 0 heterocycles. The second kappa shape index (κ2) is 12.9. The first-order chi connectivity index (χ1) is 29.0. The monoisotopic (exact) mass is 771 g/mol. The van der Waals surface area contributed by atoms with Crippen LogP contribution < -0.4 is 4.90 Å². The molecule has 1 spiro atoms. The van der Waals surface area contributed by atoms with Crippen LogP contribution in [0.3, 0.4) is 0 Å². The average Bonchev–Trinajstić information content (AvgIpc) is 3.82. The van der Waals surface area contributed by atoms with E-state index in [1.54, 1.807) is 0 Å². The maximum Gasteiger partial charge on any atom is 0.0746 e. The highest BCUT2D eigenvalue weighted by Gasteiger charge is 2.54. The summed E-state index contributed by atoms with van der Waals surface area (Å²) in [5.41, 5.74) is 24.5. The van der Waals surface area contributed by atoms with Gasteiger partial charge in [-0.1, -0.05) is 192 Å². The molecule has 60 heavy (non-hydrogen) atoms. The Balaban J connectivity index is 1.28. The zero-order valence-corrected chi connectivity index (χ0v) is 35.4. The van der Waals surface area contributed by atoms with Crippen molar-refractivity contribution in [2.45, 2.75) is 57.8 Å². The third kappa shape index (κ3) is 4.99. The molecule has 3 aliphatic rings. The largest absolute Gasteiger partial charge is 0.310 e. The molecule has 0 radical (unpaired) electrons. The fourth-order valence-corrected chi connectivity index (χ4v) is 10.9. The molecule has 0 N–H and O–H groups in total. The first kappa shape index (κ1) is 36.4. The van der Waals surface area contributed by atoms with Crippen LogP contribution in [0.2, 0.25) is 0 Å². The number of para-hydroxylation sites is 1. The van der Waals surface area contributed by atoms with Crippen LogP contribution in [-0.2, 0) is 16.2 Å². The number of fused-ring (bicyclic) bond motifs is 13. The van der Waals surface area contributed by atoms with Crippen molar-refractivity contribution >= 4 is 22.6 Å². The summed E-state index contributed by atoms with van der Waals surface area (Å²) in [7, 11) is 0. The maximum atomic E-state index is 4.46. The number of nitrogens with zero attached hydrogens (tertiary/aromatic N) is 1. The van der Waals surface area contributed by atoms with Crippen LogP contribution in [0.1, 0.15) is 86.1 Å². The molecule has 0 saturated heterocycles. The molecule has 1 nitrogen and oxygen atoms in total. The molecule has 0 fully saturated rings. The Morgan fingerprint density at radius 3 is 1.75 bits per heavy atom. The van der Waals surface area contributed by atoms with E-state index >= 15 is 0 Å². The van der Waals surface area contributed by atoms with Gasteiger partial charge < -0.3 is 4.90 Å². The first-order valence-electron chi connectivity index (χ1n) is 21.4. The van der Waals surface area contributed by atoms with E-state index < -0.39 is 5.41 Å². The van der Waals surface area contributed by atoms with Crippen LogP contribution >= 0.6 is 0 Å². The summed E-state index contributed by atoms with van der Waals surface area (Å²) in [5, 5.41) is 0. The molecule has 0 bridgehead atoms. The van der Waals surface area contributed by atoms with Crippen LogP contribution in [0.15, 0.2) is 183 Å². The minimum absolute atomic E-state index is 0.0379. The molecule has 1 heteroatoms.